The van der Waals surface area contributed by atoms with Crippen molar-refractivity contribution in [2.75, 3.05) is 20.2 Å². The summed E-state index contributed by atoms with van der Waals surface area (Å²) in [7, 11) is 1.84. The summed E-state index contributed by atoms with van der Waals surface area (Å²) >= 11 is 0. The molecule has 26 heavy (non-hydrogen) atoms. The van der Waals surface area contributed by atoms with E-state index in [4.69, 9.17) is 4.74 Å². The van der Waals surface area contributed by atoms with Crippen LogP contribution in [0.5, 0.6) is 0 Å². The Morgan fingerprint density at radius 1 is 1.35 bits per heavy atom. The van der Waals surface area contributed by atoms with Crippen LogP contribution in [0.4, 0.5) is 0 Å². The second kappa shape index (κ2) is 8.49. The maximum atomic E-state index is 12.7. The molecule has 140 valence electrons. The number of aromatic nitrogens is 1. The van der Waals surface area contributed by atoms with E-state index in [1.807, 2.05) is 38.2 Å². The Morgan fingerprint density at radius 3 is 2.92 bits per heavy atom. The summed E-state index contributed by atoms with van der Waals surface area (Å²) in [5.41, 5.74) is 2.44. The first kappa shape index (κ1) is 18.6. The van der Waals surface area contributed by atoms with Gasteiger partial charge in [-0.25, -0.2) is 0 Å². The molecule has 1 amide bonds. The summed E-state index contributed by atoms with van der Waals surface area (Å²) < 4.78 is 5.62. The van der Waals surface area contributed by atoms with E-state index in [1.165, 1.54) is 0 Å². The van der Waals surface area contributed by atoms with Crippen LogP contribution < -0.4 is 5.43 Å². The number of rotatable bonds is 7. The Kier molecular flexibility index (Phi) is 6.09. The predicted molar refractivity (Wildman–Crippen MR) is 103 cm³/mol. The quantitative estimate of drug-likeness (QED) is 0.829. The van der Waals surface area contributed by atoms with Crippen molar-refractivity contribution in [2.45, 2.75) is 51.6 Å². The predicted octanol–water partition coefficient (Wildman–Crippen LogP) is 3.19. The summed E-state index contributed by atoms with van der Waals surface area (Å²) in [5.74, 6) is 0.0873. The monoisotopic (exact) mass is 356 g/mol. The number of carbonyl (C=O) groups is 1. The van der Waals surface area contributed by atoms with Gasteiger partial charge < -0.3 is 14.6 Å². The summed E-state index contributed by atoms with van der Waals surface area (Å²) in [6.45, 7) is 3.52. The average Bonchev–Trinajstić information content (AvgIpc) is 3.14. The Balaban J connectivity index is 1.55. The number of pyridine rings is 1. The minimum Gasteiger partial charge on any atom is -0.378 e. The molecule has 1 unspecified atom stereocenters. The van der Waals surface area contributed by atoms with Crippen molar-refractivity contribution in [1.82, 2.24) is 9.88 Å². The Labute approximate surface area is 154 Å². The third-order valence-corrected chi connectivity index (χ3v) is 5.28. The van der Waals surface area contributed by atoms with Crippen molar-refractivity contribution in [3.05, 3.63) is 45.7 Å². The average molecular weight is 356 g/mol. The van der Waals surface area contributed by atoms with Gasteiger partial charge in [-0.15, -0.1) is 0 Å². The molecule has 1 aromatic heterocycles. The number of nitrogens with one attached hydrogen (secondary N) is 1. The van der Waals surface area contributed by atoms with Gasteiger partial charge in [-0.2, -0.15) is 0 Å². The molecule has 1 atom stereocenters. The smallest absolute Gasteiger partial charge is 0.222 e. The third-order valence-electron chi connectivity index (χ3n) is 5.28. The fourth-order valence-corrected chi connectivity index (χ4v) is 3.68. The van der Waals surface area contributed by atoms with Crippen molar-refractivity contribution < 1.29 is 9.53 Å². The molecule has 0 bridgehead atoms. The van der Waals surface area contributed by atoms with E-state index in [2.05, 4.69) is 4.98 Å². The highest BCUT2D eigenvalue weighted by molar-refractivity contribution is 5.80. The molecular weight excluding hydrogens is 328 g/mol. The van der Waals surface area contributed by atoms with Gasteiger partial charge in [-0.3, -0.25) is 9.59 Å². The Hall–Kier alpha value is -2.14. The van der Waals surface area contributed by atoms with Crippen LogP contribution >= 0.6 is 0 Å². The lowest BCUT2D eigenvalue weighted by molar-refractivity contribution is -0.130. The molecule has 0 saturated carbocycles. The number of carbonyl (C=O) groups excluding carboxylic acids is 1. The zero-order valence-electron chi connectivity index (χ0n) is 15.7. The van der Waals surface area contributed by atoms with Crippen molar-refractivity contribution in [2.24, 2.45) is 0 Å². The highest BCUT2D eigenvalue weighted by Crippen LogP contribution is 2.17. The molecule has 5 heteroatoms. The van der Waals surface area contributed by atoms with E-state index in [1.54, 1.807) is 4.90 Å². The van der Waals surface area contributed by atoms with Crippen LogP contribution in [-0.4, -0.2) is 42.1 Å². The summed E-state index contributed by atoms with van der Waals surface area (Å²) in [4.78, 5) is 30.2. The normalized spacial score (nSPS) is 16.9. The van der Waals surface area contributed by atoms with E-state index in [0.29, 0.717) is 29.9 Å². The highest BCUT2D eigenvalue weighted by atomic mass is 16.5. The molecular formula is C21H28N2O3. The van der Waals surface area contributed by atoms with Gasteiger partial charge in [0.05, 0.1) is 6.10 Å². The molecule has 1 saturated heterocycles. The van der Waals surface area contributed by atoms with Crippen molar-refractivity contribution in [3.63, 3.8) is 0 Å². The van der Waals surface area contributed by atoms with Gasteiger partial charge in [-0.05, 0) is 51.2 Å². The van der Waals surface area contributed by atoms with Gasteiger partial charge in [0.1, 0.15) is 0 Å². The summed E-state index contributed by atoms with van der Waals surface area (Å²) in [6, 6.07) is 7.51. The first-order chi connectivity index (χ1) is 12.6. The molecule has 1 aromatic carbocycles. The fraction of sp³-hybridized carbons (Fsp3) is 0.524. The van der Waals surface area contributed by atoms with Crippen LogP contribution in [0.1, 0.15) is 43.4 Å². The molecule has 0 aliphatic carbocycles. The number of amides is 1. The molecule has 1 N–H and O–H groups in total. The van der Waals surface area contributed by atoms with E-state index in [0.717, 1.165) is 50.0 Å². The minimum atomic E-state index is 0.0330. The lowest BCUT2D eigenvalue weighted by atomic mass is 10.0. The molecule has 1 fully saturated rings. The molecule has 0 radical (unpaired) electrons. The van der Waals surface area contributed by atoms with Crippen molar-refractivity contribution >= 4 is 16.8 Å². The van der Waals surface area contributed by atoms with Crippen LogP contribution in [0.25, 0.3) is 10.9 Å². The number of H-pyrrole nitrogens is 1. The molecule has 1 aliphatic heterocycles. The van der Waals surface area contributed by atoms with Gasteiger partial charge in [-0.1, -0.05) is 12.1 Å². The molecule has 0 spiro atoms. The van der Waals surface area contributed by atoms with E-state index >= 15 is 0 Å². The maximum Gasteiger partial charge on any atom is 0.222 e. The first-order valence-electron chi connectivity index (χ1n) is 9.52. The zero-order valence-corrected chi connectivity index (χ0v) is 15.7. The standard InChI is InChI=1S/C21H28N2O3/c1-15-17(21(25)18-9-3-4-10-19(18)22-15)11-12-20(24)23(2)13-5-7-16-8-6-14-26-16/h3-4,9-10,16H,5-8,11-14H2,1-2H3,(H,22,25). The molecule has 1 aliphatic rings. The Morgan fingerprint density at radius 2 is 2.15 bits per heavy atom. The molecule has 5 nitrogen and oxygen atoms in total. The van der Waals surface area contributed by atoms with Crippen LogP contribution in [0.2, 0.25) is 0 Å². The fourth-order valence-electron chi connectivity index (χ4n) is 3.68. The number of ether oxygens (including phenoxy) is 1. The lowest BCUT2D eigenvalue weighted by Crippen LogP contribution is -2.29. The SMILES string of the molecule is Cc1[nH]c2ccccc2c(=O)c1CCC(=O)N(C)CCCC1CCCO1. The number of benzene rings is 1. The topological polar surface area (TPSA) is 62.4 Å². The third kappa shape index (κ3) is 4.33. The lowest BCUT2D eigenvalue weighted by Gasteiger charge is -2.18. The molecule has 3 rings (SSSR count). The number of fused-ring (bicyclic) bond motifs is 1. The van der Waals surface area contributed by atoms with E-state index < -0.39 is 0 Å². The second-order valence-electron chi connectivity index (χ2n) is 7.20. The minimum absolute atomic E-state index is 0.0330. The van der Waals surface area contributed by atoms with Crippen LogP contribution in [0.3, 0.4) is 0 Å². The van der Waals surface area contributed by atoms with Crippen LogP contribution in [0, 0.1) is 6.92 Å². The first-order valence-corrected chi connectivity index (χ1v) is 9.52. The second-order valence-corrected chi connectivity index (χ2v) is 7.20. The number of aromatic amines is 1. The number of aryl methyl sites for hydroxylation is 1. The maximum absolute atomic E-state index is 12.7. The number of hydrogen-bond acceptors (Lipinski definition) is 3. The van der Waals surface area contributed by atoms with Gasteiger partial charge in [0.2, 0.25) is 5.91 Å². The van der Waals surface area contributed by atoms with Gasteiger partial charge in [0.15, 0.2) is 5.43 Å². The van der Waals surface area contributed by atoms with E-state index in [-0.39, 0.29) is 11.3 Å². The number of hydrogen-bond donors (Lipinski definition) is 1. The molecule has 2 aromatic rings. The largest absolute Gasteiger partial charge is 0.378 e. The van der Waals surface area contributed by atoms with Crippen molar-refractivity contribution in [1.29, 1.82) is 0 Å². The van der Waals surface area contributed by atoms with Gasteiger partial charge in [0, 0.05) is 48.8 Å². The molecule has 2 heterocycles. The highest BCUT2D eigenvalue weighted by Gasteiger charge is 2.17. The van der Waals surface area contributed by atoms with E-state index in [9.17, 15) is 9.59 Å². The summed E-state index contributed by atoms with van der Waals surface area (Å²) in [6.07, 6.45) is 5.47. The summed E-state index contributed by atoms with van der Waals surface area (Å²) in [5, 5.41) is 0.686. The number of nitrogens with zero attached hydrogens (tertiary/aromatic N) is 1. The van der Waals surface area contributed by atoms with Gasteiger partial charge >= 0.3 is 0 Å². The zero-order chi connectivity index (χ0) is 18.5. The van der Waals surface area contributed by atoms with Crippen molar-refractivity contribution in [3.8, 4) is 0 Å². The van der Waals surface area contributed by atoms with Crippen LogP contribution in [0.15, 0.2) is 29.1 Å². The van der Waals surface area contributed by atoms with Crippen LogP contribution in [-0.2, 0) is 16.0 Å². The van der Waals surface area contributed by atoms with Gasteiger partial charge in [0.25, 0.3) is 0 Å². The number of para-hydroxylation sites is 1. The Bertz CT molecular complexity index is 822.